The predicted octanol–water partition coefficient (Wildman–Crippen LogP) is 2.89. The zero-order valence-corrected chi connectivity index (χ0v) is 24.2. The van der Waals surface area contributed by atoms with Crippen LogP contribution in [-0.2, 0) is 22.5 Å². The Morgan fingerprint density at radius 3 is 2.74 bits per heavy atom. The summed E-state index contributed by atoms with van der Waals surface area (Å²) in [6.45, 7) is 13.1. The van der Waals surface area contributed by atoms with Crippen molar-refractivity contribution in [3.8, 4) is 11.8 Å². The molecule has 2 aromatic carbocycles. The Labute approximate surface area is 246 Å². The number of piperazine rings is 1. The number of anilines is 2. The molecule has 10 nitrogen and oxygen atoms in total. The molecule has 1 N–H and O–H groups in total. The minimum atomic E-state index is -0.0328. The van der Waals surface area contributed by atoms with Crippen LogP contribution < -0.4 is 14.5 Å². The van der Waals surface area contributed by atoms with Gasteiger partial charge in [-0.05, 0) is 42.9 Å². The number of hydrogen-bond acceptors (Lipinski definition) is 9. The van der Waals surface area contributed by atoms with E-state index in [-0.39, 0.29) is 11.7 Å². The number of phenolic OH excluding ortho intramolecular Hbond substituents is 1. The van der Waals surface area contributed by atoms with E-state index >= 15 is 0 Å². The number of aryl methyl sites for hydroxylation is 1. The summed E-state index contributed by atoms with van der Waals surface area (Å²) in [7, 11) is 0. The highest BCUT2D eigenvalue weighted by Gasteiger charge is 2.46. The smallest absolute Gasteiger partial charge is 0.318 e. The van der Waals surface area contributed by atoms with Gasteiger partial charge in [0.05, 0.1) is 37.6 Å². The lowest BCUT2D eigenvalue weighted by molar-refractivity contribution is -0.214. The van der Waals surface area contributed by atoms with Crippen molar-refractivity contribution in [1.29, 1.82) is 0 Å². The maximum Gasteiger partial charge on any atom is 0.318 e. The first-order chi connectivity index (χ1) is 20.5. The Morgan fingerprint density at radius 1 is 1.14 bits per heavy atom. The molecule has 4 aliphatic heterocycles. The molecule has 0 saturated carbocycles. The Balaban J connectivity index is 1.14. The molecule has 0 spiro atoms. The highest BCUT2D eigenvalue weighted by atomic mass is 16.5. The van der Waals surface area contributed by atoms with Gasteiger partial charge in [0, 0.05) is 68.5 Å². The van der Waals surface area contributed by atoms with Crippen molar-refractivity contribution in [2.24, 2.45) is 0 Å². The molecular formula is C32H38N6O4. The van der Waals surface area contributed by atoms with Crippen molar-refractivity contribution in [3.05, 3.63) is 59.8 Å². The fourth-order valence-electron chi connectivity index (χ4n) is 6.70. The lowest BCUT2D eigenvalue weighted by atomic mass is 9.95. The van der Waals surface area contributed by atoms with Gasteiger partial charge in [0.15, 0.2) is 0 Å². The van der Waals surface area contributed by atoms with Gasteiger partial charge in [0.2, 0.25) is 5.91 Å². The van der Waals surface area contributed by atoms with Crippen molar-refractivity contribution < 1.29 is 19.4 Å². The minimum absolute atomic E-state index is 0.0328. The second-order valence-electron chi connectivity index (χ2n) is 11.7. The largest absolute Gasteiger partial charge is 0.508 e. The van der Waals surface area contributed by atoms with Gasteiger partial charge in [-0.3, -0.25) is 9.69 Å². The zero-order valence-electron chi connectivity index (χ0n) is 24.2. The standard InChI is InChI=1S/C32H38N6O4/c1-3-30(40)35-11-13-36(14-12-35)31-24-8-10-38(27-17-22(39)16-25-21(2)6-4-7-23(25)27)18-26(24)33-32(34-31)41-15-5-9-37-19-29-28(37)20-42-29/h3-4,6-7,16-17,28-29,39H,1,5,8-15,18-20H2,2H3/t28-,29?/m1/s1. The third-order valence-corrected chi connectivity index (χ3v) is 9.22. The number of carbonyl (C=O) groups excluding carboxylic acids is 1. The van der Waals surface area contributed by atoms with Crippen LogP contribution in [0.15, 0.2) is 43.0 Å². The average molecular weight is 571 g/mol. The first kappa shape index (κ1) is 27.0. The number of rotatable bonds is 8. The van der Waals surface area contributed by atoms with Gasteiger partial charge in [-0.1, -0.05) is 24.8 Å². The average Bonchev–Trinajstić information content (AvgIpc) is 3.00. The van der Waals surface area contributed by atoms with Gasteiger partial charge < -0.3 is 29.3 Å². The number of carbonyl (C=O) groups is 1. The first-order valence-electron chi connectivity index (χ1n) is 15.0. The molecule has 1 aromatic heterocycles. The number of hydrogen-bond donors (Lipinski definition) is 1. The summed E-state index contributed by atoms with van der Waals surface area (Å²) >= 11 is 0. The van der Waals surface area contributed by atoms with E-state index < -0.39 is 0 Å². The number of nitrogens with zero attached hydrogens (tertiary/aromatic N) is 6. The summed E-state index contributed by atoms with van der Waals surface area (Å²) < 4.78 is 11.7. The summed E-state index contributed by atoms with van der Waals surface area (Å²) in [4.78, 5) is 30.9. The van der Waals surface area contributed by atoms with E-state index in [4.69, 9.17) is 19.4 Å². The van der Waals surface area contributed by atoms with Crippen LogP contribution in [0.5, 0.6) is 11.8 Å². The van der Waals surface area contributed by atoms with Crippen LogP contribution in [0.4, 0.5) is 11.5 Å². The predicted molar refractivity (Wildman–Crippen MR) is 161 cm³/mol. The SMILES string of the molecule is C=CC(=O)N1CCN(c2nc(OCCCN3CC4OC[C@H]43)nc3c2CCN(c2cc(O)cc4c(C)cccc24)C3)CC1. The van der Waals surface area contributed by atoms with Crippen LogP contribution >= 0.6 is 0 Å². The van der Waals surface area contributed by atoms with Gasteiger partial charge >= 0.3 is 6.01 Å². The Kier molecular flexibility index (Phi) is 7.11. The molecule has 4 aliphatic rings. The Morgan fingerprint density at radius 2 is 2.00 bits per heavy atom. The van der Waals surface area contributed by atoms with E-state index in [1.807, 2.05) is 17.0 Å². The summed E-state index contributed by atoms with van der Waals surface area (Å²) in [6, 6.07) is 10.9. The number of ether oxygens (including phenoxy) is 2. The number of phenols is 1. The molecule has 5 heterocycles. The summed E-state index contributed by atoms with van der Waals surface area (Å²) in [6.07, 6.45) is 3.50. The van der Waals surface area contributed by atoms with Crippen molar-refractivity contribution in [1.82, 2.24) is 19.8 Å². The van der Waals surface area contributed by atoms with Crippen LogP contribution in [-0.4, -0.2) is 102 Å². The van der Waals surface area contributed by atoms with Gasteiger partial charge in [-0.25, -0.2) is 0 Å². The normalized spacial score (nSPS) is 21.8. The number of aromatic nitrogens is 2. The third kappa shape index (κ3) is 4.92. The van der Waals surface area contributed by atoms with Crippen molar-refractivity contribution in [2.45, 2.75) is 38.5 Å². The fraction of sp³-hybridized carbons (Fsp3) is 0.469. The molecule has 7 rings (SSSR count). The van der Waals surface area contributed by atoms with Crippen LogP contribution in [0.1, 0.15) is 23.2 Å². The highest BCUT2D eigenvalue weighted by molar-refractivity contribution is 5.97. The highest BCUT2D eigenvalue weighted by Crippen LogP contribution is 2.37. The molecule has 42 heavy (non-hydrogen) atoms. The zero-order chi connectivity index (χ0) is 28.8. The molecule has 10 heteroatoms. The Hall–Kier alpha value is -3.89. The molecular weight excluding hydrogens is 532 g/mol. The maximum atomic E-state index is 12.2. The molecule has 3 aromatic rings. The van der Waals surface area contributed by atoms with Crippen molar-refractivity contribution in [3.63, 3.8) is 0 Å². The lowest BCUT2D eigenvalue weighted by Gasteiger charge is -2.55. The second-order valence-corrected chi connectivity index (χ2v) is 11.7. The maximum absolute atomic E-state index is 12.2. The number of likely N-dealkylation sites (tertiary alicyclic amines) is 1. The van der Waals surface area contributed by atoms with Crippen molar-refractivity contribution >= 4 is 28.2 Å². The van der Waals surface area contributed by atoms with E-state index in [9.17, 15) is 9.90 Å². The summed E-state index contributed by atoms with van der Waals surface area (Å²) in [5.41, 5.74) is 4.23. The quantitative estimate of drug-likeness (QED) is 0.324. The topological polar surface area (TPSA) is 94.5 Å². The van der Waals surface area contributed by atoms with Crippen LogP contribution in [0.2, 0.25) is 0 Å². The lowest BCUT2D eigenvalue weighted by Crippen LogP contribution is -2.70. The summed E-state index contributed by atoms with van der Waals surface area (Å²) in [5.74, 6) is 1.14. The van der Waals surface area contributed by atoms with Crippen molar-refractivity contribution in [2.75, 3.05) is 68.8 Å². The van der Waals surface area contributed by atoms with Gasteiger partial charge in [-0.2, -0.15) is 9.97 Å². The van der Waals surface area contributed by atoms with E-state index in [0.717, 1.165) is 78.2 Å². The number of aromatic hydroxyl groups is 1. The van der Waals surface area contributed by atoms with Crippen LogP contribution in [0.3, 0.4) is 0 Å². The second kappa shape index (κ2) is 11.1. The third-order valence-electron chi connectivity index (χ3n) is 9.22. The number of morpholine rings is 1. The summed E-state index contributed by atoms with van der Waals surface area (Å²) in [5, 5.41) is 12.8. The van der Waals surface area contributed by atoms with E-state index in [0.29, 0.717) is 57.5 Å². The van der Waals surface area contributed by atoms with E-state index in [2.05, 4.69) is 46.4 Å². The number of amides is 1. The molecule has 1 unspecified atom stereocenters. The molecule has 0 bridgehead atoms. The van der Waals surface area contributed by atoms with Crippen LogP contribution in [0, 0.1) is 6.92 Å². The molecule has 0 radical (unpaired) electrons. The molecule has 0 aliphatic carbocycles. The number of benzene rings is 2. The number of fused-ring (bicyclic) bond motifs is 3. The van der Waals surface area contributed by atoms with Crippen LogP contribution in [0.25, 0.3) is 10.8 Å². The van der Waals surface area contributed by atoms with E-state index in [1.165, 1.54) is 6.08 Å². The fourth-order valence-corrected chi connectivity index (χ4v) is 6.70. The van der Waals surface area contributed by atoms with Gasteiger partial charge in [-0.15, -0.1) is 0 Å². The van der Waals surface area contributed by atoms with Gasteiger partial charge in [0.25, 0.3) is 0 Å². The van der Waals surface area contributed by atoms with Gasteiger partial charge in [0.1, 0.15) is 11.6 Å². The molecule has 2 atom stereocenters. The Bertz CT molecular complexity index is 1520. The van der Waals surface area contributed by atoms with E-state index in [1.54, 1.807) is 0 Å². The molecule has 3 fully saturated rings. The molecule has 220 valence electrons. The minimum Gasteiger partial charge on any atom is -0.508 e. The first-order valence-corrected chi connectivity index (χ1v) is 15.0. The molecule has 1 amide bonds. The molecule has 3 saturated heterocycles. The monoisotopic (exact) mass is 570 g/mol.